The summed E-state index contributed by atoms with van der Waals surface area (Å²) in [4.78, 5) is 12.1. The monoisotopic (exact) mass is 322 g/mol. The van der Waals surface area contributed by atoms with Crippen molar-refractivity contribution in [3.63, 3.8) is 0 Å². The summed E-state index contributed by atoms with van der Waals surface area (Å²) in [7, 11) is 0. The molecule has 2 aromatic carbocycles. The van der Waals surface area contributed by atoms with Crippen LogP contribution < -0.4 is 11.1 Å². The molecule has 0 atom stereocenters. The SMILES string of the molecule is Cc1ccc(Br)cc1C(=O)Nc1ccc(F)cc1N. The number of benzene rings is 2. The molecule has 5 heteroatoms. The average molecular weight is 323 g/mol. The van der Waals surface area contributed by atoms with Crippen LogP contribution in [0.3, 0.4) is 0 Å². The fourth-order valence-electron chi connectivity index (χ4n) is 1.68. The fraction of sp³-hybridized carbons (Fsp3) is 0.0714. The minimum absolute atomic E-state index is 0.195. The van der Waals surface area contributed by atoms with E-state index >= 15 is 0 Å². The molecule has 0 aliphatic rings. The number of halogens is 2. The minimum Gasteiger partial charge on any atom is -0.397 e. The van der Waals surface area contributed by atoms with Gasteiger partial charge >= 0.3 is 0 Å². The normalized spacial score (nSPS) is 10.3. The summed E-state index contributed by atoms with van der Waals surface area (Å²) in [6.45, 7) is 1.84. The summed E-state index contributed by atoms with van der Waals surface area (Å²) in [6.07, 6.45) is 0. The first kappa shape index (κ1) is 13.5. The lowest BCUT2D eigenvalue weighted by Gasteiger charge is -2.10. The van der Waals surface area contributed by atoms with E-state index in [2.05, 4.69) is 21.2 Å². The van der Waals surface area contributed by atoms with Crippen LogP contribution in [0.4, 0.5) is 15.8 Å². The van der Waals surface area contributed by atoms with Crippen molar-refractivity contribution < 1.29 is 9.18 Å². The molecule has 0 bridgehead atoms. The van der Waals surface area contributed by atoms with E-state index in [4.69, 9.17) is 5.73 Å². The topological polar surface area (TPSA) is 55.1 Å². The van der Waals surface area contributed by atoms with E-state index in [0.717, 1.165) is 10.0 Å². The maximum absolute atomic E-state index is 12.9. The van der Waals surface area contributed by atoms with E-state index in [1.807, 2.05) is 19.1 Å². The highest BCUT2D eigenvalue weighted by atomic mass is 79.9. The van der Waals surface area contributed by atoms with Gasteiger partial charge in [-0.3, -0.25) is 4.79 Å². The van der Waals surface area contributed by atoms with Gasteiger partial charge in [0.15, 0.2) is 0 Å². The molecule has 0 unspecified atom stereocenters. The molecule has 2 rings (SSSR count). The predicted molar refractivity (Wildman–Crippen MR) is 77.6 cm³/mol. The number of amides is 1. The van der Waals surface area contributed by atoms with Gasteiger partial charge in [0.25, 0.3) is 5.91 Å². The summed E-state index contributed by atoms with van der Waals surface area (Å²) < 4.78 is 13.7. The smallest absolute Gasteiger partial charge is 0.256 e. The first-order chi connectivity index (χ1) is 8.97. The van der Waals surface area contributed by atoms with Crippen LogP contribution in [0, 0.1) is 12.7 Å². The van der Waals surface area contributed by atoms with Gasteiger partial charge in [-0.05, 0) is 42.8 Å². The van der Waals surface area contributed by atoms with E-state index < -0.39 is 5.82 Å². The van der Waals surface area contributed by atoms with E-state index in [1.54, 1.807) is 6.07 Å². The highest BCUT2D eigenvalue weighted by Crippen LogP contribution is 2.22. The second-order valence-corrected chi connectivity index (χ2v) is 5.06. The van der Waals surface area contributed by atoms with Crippen molar-refractivity contribution >= 4 is 33.2 Å². The largest absolute Gasteiger partial charge is 0.397 e. The molecule has 0 aliphatic heterocycles. The predicted octanol–water partition coefficient (Wildman–Crippen LogP) is 3.73. The Kier molecular flexibility index (Phi) is 3.85. The number of hydrogen-bond acceptors (Lipinski definition) is 2. The Morgan fingerprint density at radius 1 is 1.26 bits per heavy atom. The third-order valence-corrected chi connectivity index (χ3v) is 3.20. The molecular formula is C14H12BrFN2O. The van der Waals surface area contributed by atoms with E-state index in [0.29, 0.717) is 11.3 Å². The van der Waals surface area contributed by atoms with Crippen LogP contribution in [-0.2, 0) is 0 Å². The number of carbonyl (C=O) groups is 1. The number of carbonyl (C=O) groups excluding carboxylic acids is 1. The number of rotatable bonds is 2. The van der Waals surface area contributed by atoms with Gasteiger partial charge in [0, 0.05) is 10.0 Å². The van der Waals surface area contributed by atoms with E-state index in [9.17, 15) is 9.18 Å². The Labute approximate surface area is 118 Å². The molecule has 0 aromatic heterocycles. The third-order valence-electron chi connectivity index (χ3n) is 2.71. The van der Waals surface area contributed by atoms with Crippen LogP contribution in [0.5, 0.6) is 0 Å². The van der Waals surface area contributed by atoms with Gasteiger partial charge in [-0.2, -0.15) is 0 Å². The van der Waals surface area contributed by atoms with Crippen molar-refractivity contribution in [3.05, 3.63) is 57.8 Å². The zero-order valence-electron chi connectivity index (χ0n) is 10.2. The van der Waals surface area contributed by atoms with Crippen molar-refractivity contribution in [3.8, 4) is 0 Å². The molecule has 0 spiro atoms. The van der Waals surface area contributed by atoms with Crippen molar-refractivity contribution in [2.45, 2.75) is 6.92 Å². The zero-order valence-corrected chi connectivity index (χ0v) is 11.8. The molecule has 0 radical (unpaired) electrons. The molecule has 2 aromatic rings. The Morgan fingerprint density at radius 2 is 2.00 bits per heavy atom. The van der Waals surface area contributed by atoms with Gasteiger partial charge < -0.3 is 11.1 Å². The molecule has 0 saturated heterocycles. The van der Waals surface area contributed by atoms with Crippen LogP contribution in [-0.4, -0.2) is 5.91 Å². The lowest BCUT2D eigenvalue weighted by molar-refractivity contribution is 0.102. The summed E-state index contributed by atoms with van der Waals surface area (Å²) in [6, 6.07) is 9.29. The number of nitrogen functional groups attached to an aromatic ring is 1. The van der Waals surface area contributed by atoms with Gasteiger partial charge in [-0.25, -0.2) is 4.39 Å². The Hall–Kier alpha value is -1.88. The maximum Gasteiger partial charge on any atom is 0.256 e. The second-order valence-electron chi connectivity index (χ2n) is 4.14. The molecule has 0 heterocycles. The van der Waals surface area contributed by atoms with Crippen LogP contribution >= 0.6 is 15.9 Å². The van der Waals surface area contributed by atoms with Gasteiger partial charge in [0.05, 0.1) is 11.4 Å². The van der Waals surface area contributed by atoms with Gasteiger partial charge in [0.2, 0.25) is 0 Å². The summed E-state index contributed by atoms with van der Waals surface area (Å²) in [5, 5.41) is 2.67. The minimum atomic E-state index is -0.436. The van der Waals surface area contributed by atoms with Gasteiger partial charge in [-0.1, -0.05) is 22.0 Å². The quantitative estimate of drug-likeness (QED) is 0.828. The molecular weight excluding hydrogens is 311 g/mol. The van der Waals surface area contributed by atoms with Gasteiger partial charge in [0.1, 0.15) is 5.82 Å². The van der Waals surface area contributed by atoms with Crippen LogP contribution in [0.1, 0.15) is 15.9 Å². The van der Waals surface area contributed by atoms with Crippen LogP contribution in [0.15, 0.2) is 40.9 Å². The number of hydrogen-bond donors (Lipinski definition) is 2. The summed E-state index contributed by atoms with van der Waals surface area (Å²) in [5.41, 5.74) is 7.63. The highest BCUT2D eigenvalue weighted by Gasteiger charge is 2.11. The van der Waals surface area contributed by atoms with Crippen LogP contribution in [0.25, 0.3) is 0 Å². The average Bonchev–Trinajstić information content (AvgIpc) is 2.35. The van der Waals surface area contributed by atoms with Crippen molar-refractivity contribution in [2.75, 3.05) is 11.1 Å². The van der Waals surface area contributed by atoms with Crippen LogP contribution in [0.2, 0.25) is 0 Å². The molecule has 19 heavy (non-hydrogen) atoms. The lowest BCUT2D eigenvalue weighted by atomic mass is 10.1. The molecule has 0 fully saturated rings. The van der Waals surface area contributed by atoms with Crippen molar-refractivity contribution in [1.82, 2.24) is 0 Å². The Bertz CT molecular complexity index is 643. The summed E-state index contributed by atoms with van der Waals surface area (Å²) >= 11 is 3.32. The fourth-order valence-corrected chi connectivity index (χ4v) is 2.04. The molecule has 3 N–H and O–H groups in total. The Balaban J connectivity index is 2.28. The van der Waals surface area contributed by atoms with Crippen molar-refractivity contribution in [2.24, 2.45) is 0 Å². The molecule has 1 amide bonds. The summed E-state index contributed by atoms with van der Waals surface area (Å²) in [5.74, 6) is -0.716. The zero-order chi connectivity index (χ0) is 14.0. The lowest BCUT2D eigenvalue weighted by Crippen LogP contribution is -2.14. The first-order valence-corrected chi connectivity index (χ1v) is 6.39. The second kappa shape index (κ2) is 5.40. The maximum atomic E-state index is 12.9. The van der Waals surface area contributed by atoms with E-state index in [1.165, 1.54) is 18.2 Å². The molecule has 0 saturated carbocycles. The number of nitrogens with two attached hydrogens (primary N) is 1. The molecule has 98 valence electrons. The standard InChI is InChI=1S/C14H12BrFN2O/c1-8-2-3-9(15)6-11(8)14(19)18-13-5-4-10(16)7-12(13)17/h2-7H,17H2,1H3,(H,18,19). The Morgan fingerprint density at radius 3 is 2.68 bits per heavy atom. The number of aryl methyl sites for hydroxylation is 1. The van der Waals surface area contributed by atoms with Crippen molar-refractivity contribution in [1.29, 1.82) is 0 Å². The third kappa shape index (κ3) is 3.12. The first-order valence-electron chi connectivity index (χ1n) is 5.60. The van der Waals surface area contributed by atoms with Gasteiger partial charge in [-0.15, -0.1) is 0 Å². The number of nitrogens with one attached hydrogen (secondary N) is 1. The number of anilines is 2. The van der Waals surface area contributed by atoms with E-state index in [-0.39, 0.29) is 11.6 Å². The molecule has 0 aliphatic carbocycles. The molecule has 3 nitrogen and oxygen atoms in total. The highest BCUT2D eigenvalue weighted by molar-refractivity contribution is 9.10.